The number of aliphatic hydroxyl groups is 3. The Morgan fingerprint density at radius 1 is 0.628 bits per heavy atom. The van der Waals surface area contributed by atoms with E-state index in [-0.39, 0.29) is 24.3 Å². The van der Waals surface area contributed by atoms with Gasteiger partial charge in [-0.15, -0.1) is 0 Å². The van der Waals surface area contributed by atoms with Crippen LogP contribution in [0.3, 0.4) is 0 Å². The van der Waals surface area contributed by atoms with Crippen LogP contribution in [0.2, 0.25) is 0 Å². The van der Waals surface area contributed by atoms with Crippen LogP contribution >= 0.6 is 35.3 Å². The van der Waals surface area contributed by atoms with Gasteiger partial charge in [-0.2, -0.15) is 35.3 Å². The fourth-order valence-corrected chi connectivity index (χ4v) is 8.72. The molecule has 1 aliphatic rings. The molecule has 0 saturated carbocycles. The Morgan fingerprint density at radius 3 is 1.44 bits per heavy atom. The Kier molecular flexibility index (Phi) is 28.3. The minimum absolute atomic E-state index is 0.135. The zero-order valence-corrected chi connectivity index (χ0v) is 30.1. The molecule has 0 unspecified atom stereocenters. The van der Waals surface area contributed by atoms with E-state index in [2.05, 4.69) is 6.92 Å². The smallest absolute Gasteiger partial charge is 0.334 e. The number of carbonyl (C=O) groups excluding carboxylic acids is 1. The van der Waals surface area contributed by atoms with Gasteiger partial charge in [0.15, 0.2) is 0 Å². The fraction of sp³-hybridized carbons (Fsp3) is 0.914. The van der Waals surface area contributed by atoms with E-state index in [4.69, 9.17) is 4.74 Å². The number of ether oxygens (including phenoxy) is 1. The molecule has 0 aromatic carbocycles. The normalized spacial score (nSPS) is 17.2. The second kappa shape index (κ2) is 29.5. The number of carbonyl (C=O) groups is 1. The molecule has 0 radical (unpaired) electrons. The van der Waals surface area contributed by atoms with E-state index in [0.29, 0.717) is 12.0 Å². The molecule has 0 saturated heterocycles. The lowest BCUT2D eigenvalue weighted by Gasteiger charge is -2.11. The average Bonchev–Trinajstić information content (AvgIpc) is 3.30. The first-order valence-corrected chi connectivity index (χ1v) is 21.1. The second-order valence-electron chi connectivity index (χ2n) is 12.4. The lowest BCUT2D eigenvalue weighted by molar-refractivity contribution is -0.139. The molecular weight excluding hydrogens is 597 g/mol. The molecular formula is C35H66O5S3. The third kappa shape index (κ3) is 26.0. The van der Waals surface area contributed by atoms with Crippen molar-refractivity contribution in [3.05, 3.63) is 11.6 Å². The molecule has 0 spiro atoms. The zero-order valence-electron chi connectivity index (χ0n) is 27.7. The summed E-state index contributed by atoms with van der Waals surface area (Å²) in [6, 6.07) is 0. The molecule has 1 heterocycles. The Hall–Kier alpha value is 0.140. The highest BCUT2D eigenvalue weighted by Crippen LogP contribution is 2.21. The highest BCUT2D eigenvalue weighted by Gasteiger charge is 2.24. The summed E-state index contributed by atoms with van der Waals surface area (Å²) in [5, 5.41) is 30.6. The van der Waals surface area contributed by atoms with E-state index in [1.807, 2.05) is 48.3 Å². The highest BCUT2D eigenvalue weighted by molar-refractivity contribution is 8.04. The maximum Gasteiger partial charge on any atom is 0.334 e. The Bertz CT molecular complexity index is 678. The molecule has 43 heavy (non-hydrogen) atoms. The first-order valence-electron chi connectivity index (χ1n) is 17.6. The molecule has 0 bridgehead atoms. The maximum atomic E-state index is 11.6. The van der Waals surface area contributed by atoms with Gasteiger partial charge in [0.05, 0.1) is 18.3 Å². The van der Waals surface area contributed by atoms with Crippen LogP contribution in [0.4, 0.5) is 0 Å². The minimum atomic E-state index is -0.448. The van der Waals surface area contributed by atoms with Crippen LogP contribution in [-0.4, -0.2) is 80.2 Å². The van der Waals surface area contributed by atoms with Crippen molar-refractivity contribution in [1.29, 1.82) is 0 Å². The quantitative estimate of drug-likeness (QED) is 0.0486. The molecule has 0 aromatic rings. The van der Waals surface area contributed by atoms with Gasteiger partial charge in [0.25, 0.3) is 0 Å². The third-order valence-corrected chi connectivity index (χ3v) is 11.8. The van der Waals surface area contributed by atoms with Gasteiger partial charge in [-0.1, -0.05) is 110 Å². The van der Waals surface area contributed by atoms with E-state index in [9.17, 15) is 20.1 Å². The van der Waals surface area contributed by atoms with Gasteiger partial charge in [0.1, 0.15) is 6.10 Å². The van der Waals surface area contributed by atoms with Gasteiger partial charge < -0.3 is 20.1 Å². The first-order chi connectivity index (χ1) is 20.9. The van der Waals surface area contributed by atoms with Crippen molar-refractivity contribution >= 4 is 41.3 Å². The topological polar surface area (TPSA) is 87.0 Å². The van der Waals surface area contributed by atoms with Crippen LogP contribution in [0, 0.1) is 0 Å². The summed E-state index contributed by atoms with van der Waals surface area (Å²) in [4.78, 5) is 11.6. The van der Waals surface area contributed by atoms with Crippen LogP contribution in [0.15, 0.2) is 11.6 Å². The molecule has 4 atom stereocenters. The maximum absolute atomic E-state index is 11.6. The molecule has 254 valence electrons. The summed E-state index contributed by atoms with van der Waals surface area (Å²) in [6.45, 7) is 4.10. The number of esters is 1. The standard InChI is InChI=1S/C35H66O5S3/c1-3-4-5-6-7-10-14-17-20-33(37)28-42-24-22-41-23-25-43-29-34(38)21-18-15-12-9-8-11-13-16-19-32(36)27-31-26-30(2)40-35(31)39/h26,30,32-34,36-38H,3-25,27-29H2,1-2H3/t30-,32+,33-,34-/m0/s1. The molecule has 8 heteroatoms. The number of hydrogen-bond acceptors (Lipinski definition) is 8. The summed E-state index contributed by atoms with van der Waals surface area (Å²) in [7, 11) is 0. The van der Waals surface area contributed by atoms with Crippen molar-refractivity contribution in [3.8, 4) is 0 Å². The highest BCUT2D eigenvalue weighted by atomic mass is 32.2. The second-order valence-corrected chi connectivity index (χ2v) is 15.9. The molecule has 0 fully saturated rings. The van der Waals surface area contributed by atoms with Gasteiger partial charge in [-0.25, -0.2) is 4.79 Å². The Balaban J connectivity index is 1.77. The van der Waals surface area contributed by atoms with Gasteiger partial charge in [-0.05, 0) is 32.3 Å². The SMILES string of the molecule is CCCCCCCCCC[C@H](O)CSCCSCCSC[C@@H](O)CCCCCCCCCC[C@@H](O)CC1=C[C@H](C)OC1=O. The van der Waals surface area contributed by atoms with Crippen molar-refractivity contribution < 1.29 is 24.9 Å². The molecule has 0 aromatic heterocycles. The zero-order chi connectivity index (χ0) is 31.4. The van der Waals surface area contributed by atoms with E-state index in [0.717, 1.165) is 73.0 Å². The van der Waals surface area contributed by atoms with Crippen molar-refractivity contribution in [2.45, 2.75) is 167 Å². The summed E-state index contributed by atoms with van der Waals surface area (Å²) in [5.41, 5.74) is 0.625. The molecule has 5 nitrogen and oxygen atoms in total. The molecule has 1 rings (SSSR count). The van der Waals surface area contributed by atoms with Gasteiger partial charge in [0, 0.05) is 46.5 Å². The number of cyclic esters (lactones) is 1. The number of unbranched alkanes of at least 4 members (excludes halogenated alkanes) is 14. The Morgan fingerprint density at radius 2 is 1.02 bits per heavy atom. The summed E-state index contributed by atoms with van der Waals surface area (Å²) in [5.74, 6) is 5.97. The number of aliphatic hydroxyl groups excluding tert-OH is 3. The van der Waals surface area contributed by atoms with Crippen molar-refractivity contribution in [1.82, 2.24) is 0 Å². The Labute approximate surface area is 277 Å². The number of thioether (sulfide) groups is 3. The van der Waals surface area contributed by atoms with Crippen LogP contribution in [0.1, 0.15) is 142 Å². The number of rotatable bonds is 32. The van der Waals surface area contributed by atoms with Gasteiger partial charge >= 0.3 is 5.97 Å². The predicted molar refractivity (Wildman–Crippen MR) is 192 cm³/mol. The third-order valence-electron chi connectivity index (χ3n) is 8.03. The molecule has 0 amide bonds. The minimum Gasteiger partial charge on any atom is -0.455 e. The average molecular weight is 663 g/mol. The van der Waals surface area contributed by atoms with Crippen LogP contribution in [-0.2, 0) is 9.53 Å². The first kappa shape index (κ1) is 41.2. The molecule has 0 aliphatic carbocycles. The van der Waals surface area contributed by atoms with E-state index >= 15 is 0 Å². The van der Waals surface area contributed by atoms with Crippen LogP contribution < -0.4 is 0 Å². The van der Waals surface area contributed by atoms with Crippen molar-refractivity contribution in [2.24, 2.45) is 0 Å². The van der Waals surface area contributed by atoms with Crippen LogP contribution in [0.5, 0.6) is 0 Å². The van der Waals surface area contributed by atoms with E-state index in [1.165, 1.54) is 83.5 Å². The molecule has 3 N–H and O–H groups in total. The summed E-state index contributed by atoms with van der Waals surface area (Å²) in [6.07, 6.45) is 23.9. The van der Waals surface area contributed by atoms with Crippen LogP contribution in [0.25, 0.3) is 0 Å². The number of hydrogen-bond donors (Lipinski definition) is 3. The van der Waals surface area contributed by atoms with Gasteiger partial charge in [0.2, 0.25) is 0 Å². The molecule has 1 aliphatic heterocycles. The lowest BCUT2D eigenvalue weighted by Crippen LogP contribution is -2.11. The predicted octanol–water partition coefficient (Wildman–Crippen LogP) is 8.96. The van der Waals surface area contributed by atoms with Crippen molar-refractivity contribution in [3.63, 3.8) is 0 Å². The van der Waals surface area contributed by atoms with E-state index in [1.54, 1.807) is 0 Å². The largest absolute Gasteiger partial charge is 0.455 e. The van der Waals surface area contributed by atoms with Crippen molar-refractivity contribution in [2.75, 3.05) is 34.5 Å². The lowest BCUT2D eigenvalue weighted by atomic mass is 10.0. The van der Waals surface area contributed by atoms with E-state index < -0.39 is 6.10 Å². The van der Waals surface area contributed by atoms with Gasteiger partial charge in [-0.3, -0.25) is 0 Å². The fourth-order valence-electron chi connectivity index (χ4n) is 5.41. The monoisotopic (exact) mass is 662 g/mol. The summed E-state index contributed by atoms with van der Waals surface area (Å²) < 4.78 is 5.08. The summed E-state index contributed by atoms with van der Waals surface area (Å²) >= 11 is 5.76.